The summed E-state index contributed by atoms with van der Waals surface area (Å²) >= 11 is 1.64. The van der Waals surface area contributed by atoms with E-state index in [4.69, 9.17) is 5.73 Å². The number of hydrogen-bond donors (Lipinski definition) is 1. The summed E-state index contributed by atoms with van der Waals surface area (Å²) in [5.74, 6) is 0. The molecular formula is C13H16N2S. The summed E-state index contributed by atoms with van der Waals surface area (Å²) < 4.78 is 0. The highest BCUT2D eigenvalue weighted by Gasteiger charge is 2.01. The van der Waals surface area contributed by atoms with Crippen LogP contribution in [0.3, 0.4) is 0 Å². The molecule has 1 aromatic heterocycles. The molecule has 0 fully saturated rings. The minimum Gasteiger partial charge on any atom is -0.325 e. The summed E-state index contributed by atoms with van der Waals surface area (Å²) in [4.78, 5) is 4.46. The maximum Gasteiger partial charge on any atom is 0.106 e. The van der Waals surface area contributed by atoms with E-state index in [9.17, 15) is 0 Å². The van der Waals surface area contributed by atoms with Crippen molar-refractivity contribution >= 4 is 11.3 Å². The van der Waals surface area contributed by atoms with Gasteiger partial charge in [-0.3, -0.25) is 0 Å². The molecular weight excluding hydrogens is 216 g/mol. The standard InChI is InChI=1S/C13H16N2S/c1-2-10-3-5-11(6-4-10)7-12-9-16-13(8-14)15-12/h3-6,9H,2,7-8,14H2,1H3. The molecule has 0 spiro atoms. The van der Waals surface area contributed by atoms with Gasteiger partial charge in [0, 0.05) is 18.3 Å². The third kappa shape index (κ3) is 2.68. The van der Waals surface area contributed by atoms with Crippen molar-refractivity contribution in [1.29, 1.82) is 0 Å². The highest BCUT2D eigenvalue weighted by Crippen LogP contribution is 2.14. The molecule has 1 heterocycles. The molecule has 2 nitrogen and oxygen atoms in total. The fourth-order valence-electron chi connectivity index (χ4n) is 1.63. The van der Waals surface area contributed by atoms with Crippen LogP contribution in [-0.2, 0) is 19.4 Å². The molecule has 1 aromatic carbocycles. The van der Waals surface area contributed by atoms with E-state index in [1.807, 2.05) is 0 Å². The molecule has 0 amide bonds. The van der Waals surface area contributed by atoms with E-state index in [2.05, 4.69) is 41.6 Å². The second-order valence-electron chi connectivity index (χ2n) is 3.78. The Balaban J connectivity index is 2.08. The van der Waals surface area contributed by atoms with E-state index in [-0.39, 0.29) is 0 Å². The minimum absolute atomic E-state index is 0.541. The Labute approximate surface area is 100 Å². The second kappa shape index (κ2) is 5.23. The molecule has 0 aliphatic heterocycles. The van der Waals surface area contributed by atoms with E-state index in [1.165, 1.54) is 11.1 Å². The fraction of sp³-hybridized carbons (Fsp3) is 0.308. The molecule has 0 atom stereocenters. The van der Waals surface area contributed by atoms with Crippen molar-refractivity contribution in [2.75, 3.05) is 0 Å². The maximum atomic E-state index is 5.54. The fourth-order valence-corrected chi connectivity index (χ4v) is 2.30. The van der Waals surface area contributed by atoms with Gasteiger partial charge in [0.1, 0.15) is 5.01 Å². The van der Waals surface area contributed by atoms with Crippen LogP contribution >= 0.6 is 11.3 Å². The number of aryl methyl sites for hydroxylation is 1. The third-order valence-electron chi connectivity index (χ3n) is 2.59. The predicted molar refractivity (Wildman–Crippen MR) is 68.6 cm³/mol. The lowest BCUT2D eigenvalue weighted by Crippen LogP contribution is -1.96. The summed E-state index contributed by atoms with van der Waals surface area (Å²) in [7, 11) is 0. The van der Waals surface area contributed by atoms with E-state index < -0.39 is 0 Å². The Kier molecular flexibility index (Phi) is 3.70. The van der Waals surface area contributed by atoms with Gasteiger partial charge in [-0.15, -0.1) is 11.3 Å². The highest BCUT2D eigenvalue weighted by molar-refractivity contribution is 7.09. The van der Waals surface area contributed by atoms with Crippen molar-refractivity contribution in [2.24, 2.45) is 5.73 Å². The lowest BCUT2D eigenvalue weighted by molar-refractivity contribution is 0.994. The zero-order chi connectivity index (χ0) is 11.4. The van der Waals surface area contributed by atoms with Crippen molar-refractivity contribution in [2.45, 2.75) is 26.3 Å². The topological polar surface area (TPSA) is 38.9 Å². The first-order valence-electron chi connectivity index (χ1n) is 5.53. The van der Waals surface area contributed by atoms with E-state index in [0.717, 1.165) is 23.5 Å². The van der Waals surface area contributed by atoms with Crippen LogP contribution in [0.4, 0.5) is 0 Å². The number of rotatable bonds is 4. The summed E-state index contributed by atoms with van der Waals surface area (Å²) in [6.07, 6.45) is 1.99. The van der Waals surface area contributed by atoms with E-state index >= 15 is 0 Å². The molecule has 16 heavy (non-hydrogen) atoms. The van der Waals surface area contributed by atoms with Gasteiger partial charge in [0.15, 0.2) is 0 Å². The normalized spacial score (nSPS) is 10.6. The molecule has 0 aliphatic carbocycles. The Morgan fingerprint density at radius 1 is 1.19 bits per heavy atom. The largest absolute Gasteiger partial charge is 0.325 e. The van der Waals surface area contributed by atoms with Crippen molar-refractivity contribution < 1.29 is 0 Å². The third-order valence-corrected chi connectivity index (χ3v) is 3.51. The van der Waals surface area contributed by atoms with Gasteiger partial charge < -0.3 is 5.73 Å². The van der Waals surface area contributed by atoms with Crippen LogP contribution in [0.15, 0.2) is 29.6 Å². The second-order valence-corrected chi connectivity index (χ2v) is 4.73. The van der Waals surface area contributed by atoms with Crippen LogP contribution in [0.1, 0.15) is 28.8 Å². The average Bonchev–Trinajstić information content (AvgIpc) is 2.78. The first-order chi connectivity index (χ1) is 7.81. The van der Waals surface area contributed by atoms with Crippen LogP contribution < -0.4 is 5.73 Å². The van der Waals surface area contributed by atoms with Crippen LogP contribution in [0.25, 0.3) is 0 Å². The first kappa shape index (κ1) is 11.3. The monoisotopic (exact) mass is 232 g/mol. The van der Waals surface area contributed by atoms with Crippen molar-refractivity contribution in [1.82, 2.24) is 4.98 Å². The number of nitrogens with two attached hydrogens (primary N) is 1. The van der Waals surface area contributed by atoms with Crippen molar-refractivity contribution in [3.63, 3.8) is 0 Å². The minimum atomic E-state index is 0.541. The molecule has 0 radical (unpaired) electrons. The van der Waals surface area contributed by atoms with Crippen LogP contribution in [0.5, 0.6) is 0 Å². The molecule has 3 heteroatoms. The zero-order valence-electron chi connectivity index (χ0n) is 9.44. The Bertz CT molecular complexity index is 445. The number of hydrogen-bond acceptors (Lipinski definition) is 3. The van der Waals surface area contributed by atoms with Crippen LogP contribution in [0.2, 0.25) is 0 Å². The van der Waals surface area contributed by atoms with Gasteiger partial charge in [0.25, 0.3) is 0 Å². The molecule has 2 N–H and O–H groups in total. The zero-order valence-corrected chi connectivity index (χ0v) is 10.3. The van der Waals surface area contributed by atoms with Gasteiger partial charge >= 0.3 is 0 Å². The molecule has 0 unspecified atom stereocenters. The molecule has 84 valence electrons. The van der Waals surface area contributed by atoms with Gasteiger partial charge in [-0.2, -0.15) is 0 Å². The van der Waals surface area contributed by atoms with Gasteiger partial charge in [0.05, 0.1) is 5.69 Å². The quantitative estimate of drug-likeness (QED) is 0.880. The molecule has 2 rings (SSSR count). The van der Waals surface area contributed by atoms with E-state index in [1.54, 1.807) is 11.3 Å². The Morgan fingerprint density at radius 3 is 2.44 bits per heavy atom. The lowest BCUT2D eigenvalue weighted by atomic mass is 10.1. The summed E-state index contributed by atoms with van der Waals surface area (Å²) in [6.45, 7) is 2.71. The molecule has 0 saturated heterocycles. The molecule has 0 saturated carbocycles. The van der Waals surface area contributed by atoms with Crippen molar-refractivity contribution in [3.8, 4) is 0 Å². The highest BCUT2D eigenvalue weighted by atomic mass is 32.1. The van der Waals surface area contributed by atoms with Gasteiger partial charge in [-0.25, -0.2) is 4.98 Å². The van der Waals surface area contributed by atoms with Crippen LogP contribution in [0, 0.1) is 0 Å². The molecule has 2 aromatic rings. The Morgan fingerprint density at radius 2 is 1.88 bits per heavy atom. The summed E-state index contributed by atoms with van der Waals surface area (Å²) in [6, 6.07) is 8.73. The lowest BCUT2D eigenvalue weighted by Gasteiger charge is -2.00. The number of aromatic nitrogens is 1. The smallest absolute Gasteiger partial charge is 0.106 e. The maximum absolute atomic E-state index is 5.54. The summed E-state index contributed by atoms with van der Waals surface area (Å²) in [5, 5.41) is 3.11. The molecule has 0 aliphatic rings. The number of benzene rings is 1. The average molecular weight is 232 g/mol. The van der Waals surface area contributed by atoms with Gasteiger partial charge in [0.2, 0.25) is 0 Å². The number of nitrogens with zero attached hydrogens (tertiary/aromatic N) is 1. The number of thiazole rings is 1. The Hall–Kier alpha value is -1.19. The van der Waals surface area contributed by atoms with Crippen molar-refractivity contribution in [3.05, 3.63) is 51.5 Å². The molecule has 0 bridgehead atoms. The van der Waals surface area contributed by atoms with Gasteiger partial charge in [-0.1, -0.05) is 31.2 Å². The van der Waals surface area contributed by atoms with Gasteiger partial charge in [-0.05, 0) is 17.5 Å². The predicted octanol–water partition coefficient (Wildman–Crippen LogP) is 2.75. The SMILES string of the molecule is CCc1ccc(Cc2csc(CN)n2)cc1. The van der Waals surface area contributed by atoms with Crippen LogP contribution in [-0.4, -0.2) is 4.98 Å². The first-order valence-corrected chi connectivity index (χ1v) is 6.41. The van der Waals surface area contributed by atoms with E-state index in [0.29, 0.717) is 6.54 Å². The summed E-state index contributed by atoms with van der Waals surface area (Å²) in [5.41, 5.74) is 9.35.